The van der Waals surface area contributed by atoms with Crippen LogP contribution >= 0.6 is 11.3 Å². The molecule has 0 saturated heterocycles. The first-order valence-electron chi connectivity index (χ1n) is 9.61. The Morgan fingerprint density at radius 3 is 2.83 bits per heavy atom. The third-order valence-corrected chi connectivity index (χ3v) is 5.25. The van der Waals surface area contributed by atoms with E-state index < -0.39 is 0 Å². The molecule has 1 aromatic carbocycles. The number of aliphatic imine (C=N–C) groups is 1. The third kappa shape index (κ3) is 6.22. The number of anilines is 1. The van der Waals surface area contributed by atoms with Crippen molar-refractivity contribution in [2.24, 2.45) is 4.99 Å². The van der Waals surface area contributed by atoms with Crippen LogP contribution in [0.25, 0.3) is 0 Å². The lowest BCUT2D eigenvalue weighted by Gasteiger charge is -2.21. The fourth-order valence-electron chi connectivity index (χ4n) is 2.82. The van der Waals surface area contributed by atoms with Crippen LogP contribution in [-0.2, 0) is 13.0 Å². The molecule has 1 amide bonds. The number of carbonyl (C=O) groups is 1. The fourth-order valence-corrected chi connectivity index (χ4v) is 3.52. The van der Waals surface area contributed by atoms with Gasteiger partial charge in [-0.1, -0.05) is 18.2 Å². The van der Waals surface area contributed by atoms with Gasteiger partial charge in [0.1, 0.15) is 0 Å². The van der Waals surface area contributed by atoms with Crippen LogP contribution in [0.3, 0.4) is 0 Å². The molecule has 0 aliphatic rings. The minimum atomic E-state index is -0.266. The van der Waals surface area contributed by atoms with E-state index in [4.69, 9.17) is 9.41 Å². The summed E-state index contributed by atoms with van der Waals surface area (Å²) in [5.41, 5.74) is 1.74. The largest absolute Gasteiger partial charge is 0.459 e. The average molecular weight is 411 g/mol. The Bertz CT molecular complexity index is 920. The molecule has 3 aromatic rings. The zero-order valence-corrected chi connectivity index (χ0v) is 17.5. The van der Waals surface area contributed by atoms with Crippen LogP contribution in [0, 0.1) is 0 Å². The maximum Gasteiger partial charge on any atom is 0.291 e. The Morgan fingerprint density at radius 2 is 2.10 bits per heavy atom. The minimum Gasteiger partial charge on any atom is -0.459 e. The molecule has 2 aromatic heterocycles. The Kier molecular flexibility index (Phi) is 7.47. The van der Waals surface area contributed by atoms with Gasteiger partial charge in [0.25, 0.3) is 5.91 Å². The Labute approximate surface area is 175 Å². The second-order valence-electron chi connectivity index (χ2n) is 6.55. The van der Waals surface area contributed by atoms with Crippen LogP contribution in [0.5, 0.6) is 0 Å². The molecule has 0 saturated carbocycles. The van der Waals surface area contributed by atoms with Crippen LogP contribution in [0.2, 0.25) is 0 Å². The number of rotatable bonds is 8. The summed E-state index contributed by atoms with van der Waals surface area (Å²) in [5.74, 6) is 0.890. The highest BCUT2D eigenvalue weighted by Gasteiger charge is 2.09. The van der Waals surface area contributed by atoms with Gasteiger partial charge < -0.3 is 20.0 Å². The van der Waals surface area contributed by atoms with Crippen molar-refractivity contribution in [3.05, 3.63) is 76.4 Å². The van der Waals surface area contributed by atoms with Crippen LogP contribution in [0.1, 0.15) is 27.9 Å². The summed E-state index contributed by atoms with van der Waals surface area (Å²) in [7, 11) is 2.05. The quantitative estimate of drug-likeness (QED) is 0.431. The number of furan rings is 1. The number of guanidine groups is 1. The zero-order valence-electron chi connectivity index (χ0n) is 16.7. The molecule has 7 heteroatoms. The van der Waals surface area contributed by atoms with Gasteiger partial charge in [0.05, 0.1) is 12.8 Å². The number of nitrogens with one attached hydrogen (secondary N) is 2. The summed E-state index contributed by atoms with van der Waals surface area (Å²) in [5, 5.41) is 8.30. The molecule has 0 unspecified atom stereocenters. The maximum atomic E-state index is 12.1. The SMILES string of the molecule is CCNC(=NCc1cccc(NC(=O)c2ccco2)c1)N(C)CCc1cccs1. The van der Waals surface area contributed by atoms with Gasteiger partial charge in [0.15, 0.2) is 11.7 Å². The highest BCUT2D eigenvalue weighted by molar-refractivity contribution is 7.09. The number of nitrogens with zero attached hydrogens (tertiary/aromatic N) is 2. The first-order valence-corrected chi connectivity index (χ1v) is 10.5. The number of amides is 1. The second-order valence-corrected chi connectivity index (χ2v) is 7.59. The summed E-state index contributed by atoms with van der Waals surface area (Å²) in [6.07, 6.45) is 2.48. The van der Waals surface area contributed by atoms with Crippen molar-refractivity contribution in [2.45, 2.75) is 19.9 Å². The highest BCUT2D eigenvalue weighted by atomic mass is 32.1. The van der Waals surface area contributed by atoms with Crippen molar-refractivity contribution in [3.8, 4) is 0 Å². The lowest BCUT2D eigenvalue weighted by molar-refractivity contribution is 0.0996. The van der Waals surface area contributed by atoms with Crippen molar-refractivity contribution in [1.29, 1.82) is 0 Å². The van der Waals surface area contributed by atoms with Crippen molar-refractivity contribution < 1.29 is 9.21 Å². The Hall–Kier alpha value is -3.06. The van der Waals surface area contributed by atoms with Crippen LogP contribution in [0.4, 0.5) is 5.69 Å². The van der Waals surface area contributed by atoms with E-state index in [0.29, 0.717) is 6.54 Å². The molecule has 0 aliphatic heterocycles. The van der Waals surface area contributed by atoms with E-state index in [9.17, 15) is 4.79 Å². The van der Waals surface area contributed by atoms with Gasteiger partial charge in [-0.05, 0) is 54.6 Å². The monoisotopic (exact) mass is 410 g/mol. The van der Waals surface area contributed by atoms with Crippen LogP contribution in [0.15, 0.2) is 69.6 Å². The molecule has 0 spiro atoms. The lowest BCUT2D eigenvalue weighted by atomic mass is 10.2. The second kappa shape index (κ2) is 10.5. The van der Waals surface area contributed by atoms with E-state index in [0.717, 1.165) is 36.7 Å². The Balaban J connectivity index is 1.61. The van der Waals surface area contributed by atoms with Gasteiger partial charge in [0.2, 0.25) is 0 Å². The molecular formula is C22H26N4O2S. The first kappa shape index (κ1) is 20.7. The van der Waals surface area contributed by atoms with Crippen molar-refractivity contribution in [1.82, 2.24) is 10.2 Å². The van der Waals surface area contributed by atoms with Gasteiger partial charge >= 0.3 is 0 Å². The van der Waals surface area contributed by atoms with Crippen molar-refractivity contribution >= 4 is 28.9 Å². The number of benzene rings is 1. The summed E-state index contributed by atoms with van der Waals surface area (Å²) < 4.78 is 5.13. The molecule has 2 heterocycles. The molecule has 0 bridgehead atoms. The highest BCUT2D eigenvalue weighted by Crippen LogP contribution is 2.14. The molecule has 152 valence electrons. The summed E-state index contributed by atoms with van der Waals surface area (Å²) >= 11 is 1.78. The van der Waals surface area contributed by atoms with E-state index >= 15 is 0 Å². The van der Waals surface area contributed by atoms with Crippen LogP contribution < -0.4 is 10.6 Å². The molecule has 29 heavy (non-hydrogen) atoms. The van der Waals surface area contributed by atoms with E-state index in [-0.39, 0.29) is 11.7 Å². The molecule has 0 atom stereocenters. The van der Waals surface area contributed by atoms with E-state index in [1.54, 1.807) is 23.5 Å². The first-order chi connectivity index (χ1) is 14.2. The number of hydrogen-bond donors (Lipinski definition) is 2. The van der Waals surface area contributed by atoms with E-state index in [2.05, 4.69) is 47.0 Å². The number of likely N-dealkylation sites (N-methyl/N-ethyl adjacent to an activating group) is 1. The molecular weight excluding hydrogens is 384 g/mol. The number of hydrogen-bond acceptors (Lipinski definition) is 4. The molecule has 0 fully saturated rings. The standard InChI is InChI=1S/C22H26N4O2S/c1-3-23-22(26(2)12-11-19-9-6-14-29-19)24-16-17-7-4-8-18(15-17)25-21(27)20-10-5-13-28-20/h4-10,13-15H,3,11-12,16H2,1-2H3,(H,23,24)(H,25,27). The molecule has 0 aliphatic carbocycles. The lowest BCUT2D eigenvalue weighted by Crippen LogP contribution is -2.39. The maximum absolute atomic E-state index is 12.1. The molecule has 6 nitrogen and oxygen atoms in total. The average Bonchev–Trinajstić information content (AvgIpc) is 3.44. The third-order valence-electron chi connectivity index (χ3n) is 4.31. The van der Waals surface area contributed by atoms with Gasteiger partial charge in [-0.2, -0.15) is 0 Å². The predicted molar refractivity (Wildman–Crippen MR) is 119 cm³/mol. The summed E-state index contributed by atoms with van der Waals surface area (Å²) in [6.45, 7) is 4.29. The molecule has 2 N–H and O–H groups in total. The normalized spacial score (nSPS) is 11.3. The predicted octanol–water partition coefficient (Wildman–Crippen LogP) is 4.23. The van der Waals surface area contributed by atoms with E-state index in [1.807, 2.05) is 24.3 Å². The molecule has 0 radical (unpaired) electrons. The number of carbonyl (C=O) groups excluding carboxylic acids is 1. The van der Waals surface area contributed by atoms with Gasteiger partial charge in [-0.3, -0.25) is 4.79 Å². The number of thiophene rings is 1. The van der Waals surface area contributed by atoms with Crippen molar-refractivity contribution in [3.63, 3.8) is 0 Å². The fraction of sp³-hybridized carbons (Fsp3) is 0.273. The van der Waals surface area contributed by atoms with Gasteiger partial charge in [-0.25, -0.2) is 4.99 Å². The molecule has 3 rings (SSSR count). The van der Waals surface area contributed by atoms with Gasteiger partial charge in [0, 0.05) is 30.7 Å². The minimum absolute atomic E-state index is 0.266. The van der Waals surface area contributed by atoms with Crippen LogP contribution in [-0.4, -0.2) is 36.9 Å². The summed E-state index contributed by atoms with van der Waals surface area (Å²) in [4.78, 5) is 20.4. The van der Waals surface area contributed by atoms with Gasteiger partial charge in [-0.15, -0.1) is 11.3 Å². The topological polar surface area (TPSA) is 69.9 Å². The smallest absolute Gasteiger partial charge is 0.291 e. The Morgan fingerprint density at radius 1 is 1.21 bits per heavy atom. The van der Waals surface area contributed by atoms with E-state index in [1.165, 1.54) is 11.1 Å². The zero-order chi connectivity index (χ0) is 20.5. The van der Waals surface area contributed by atoms with Crippen molar-refractivity contribution in [2.75, 3.05) is 25.5 Å². The summed E-state index contributed by atoms with van der Waals surface area (Å²) in [6, 6.07) is 15.3.